The van der Waals surface area contributed by atoms with E-state index in [1.807, 2.05) is 24.5 Å². The van der Waals surface area contributed by atoms with Gasteiger partial charge in [0.1, 0.15) is 18.2 Å². The zero-order chi connectivity index (χ0) is 21.2. The molecular weight excluding hydrogens is 420 g/mol. The molecule has 2 aliphatic heterocycles. The average molecular weight is 437 g/mol. The highest BCUT2D eigenvalue weighted by atomic mass is 32.1. The van der Waals surface area contributed by atoms with Crippen molar-refractivity contribution in [3.63, 3.8) is 0 Å². The molecular formula is C23H16N8S. The zero-order valence-electron chi connectivity index (χ0n) is 17.0. The van der Waals surface area contributed by atoms with Crippen LogP contribution in [0, 0.1) is 6.92 Å². The number of thiophene rings is 1. The zero-order valence-corrected chi connectivity index (χ0v) is 17.8. The van der Waals surface area contributed by atoms with E-state index in [1.54, 1.807) is 23.7 Å². The molecule has 0 amide bonds. The number of nitrogens with zero attached hydrogens (tertiary/aromatic N) is 7. The van der Waals surface area contributed by atoms with Crippen molar-refractivity contribution in [2.75, 3.05) is 11.4 Å². The van der Waals surface area contributed by atoms with Gasteiger partial charge in [-0.25, -0.2) is 19.9 Å². The van der Waals surface area contributed by atoms with Gasteiger partial charge in [-0.05, 0) is 31.2 Å². The third kappa shape index (κ3) is 2.68. The highest BCUT2D eigenvalue weighted by Crippen LogP contribution is 2.39. The van der Waals surface area contributed by atoms with Crippen LogP contribution in [-0.4, -0.2) is 48.3 Å². The minimum Gasteiger partial charge on any atom is -0.342 e. The first kappa shape index (κ1) is 17.7. The van der Waals surface area contributed by atoms with Crippen LogP contribution in [0.3, 0.4) is 0 Å². The van der Waals surface area contributed by atoms with Crippen molar-refractivity contribution in [3.8, 4) is 21.7 Å². The smallest absolute Gasteiger partial charge is 0.178 e. The molecule has 7 rings (SSSR count). The summed E-state index contributed by atoms with van der Waals surface area (Å²) < 4.78 is 0. The minimum atomic E-state index is 0.144. The van der Waals surface area contributed by atoms with Gasteiger partial charge in [0.15, 0.2) is 11.5 Å². The van der Waals surface area contributed by atoms with Gasteiger partial charge in [-0.1, -0.05) is 0 Å². The van der Waals surface area contributed by atoms with Crippen LogP contribution in [0.2, 0.25) is 0 Å². The van der Waals surface area contributed by atoms with E-state index in [2.05, 4.69) is 48.9 Å². The lowest BCUT2D eigenvalue weighted by Gasteiger charge is -2.17. The number of aliphatic imine (C=N–C) groups is 1. The molecule has 154 valence electrons. The van der Waals surface area contributed by atoms with E-state index < -0.39 is 0 Å². The van der Waals surface area contributed by atoms with E-state index >= 15 is 0 Å². The molecule has 5 aromatic rings. The monoisotopic (exact) mass is 436 g/mol. The Morgan fingerprint density at radius 2 is 1.97 bits per heavy atom. The average Bonchev–Trinajstić information content (AvgIpc) is 3.28. The second-order valence-electron chi connectivity index (χ2n) is 7.88. The van der Waals surface area contributed by atoms with Crippen molar-refractivity contribution < 1.29 is 0 Å². The quantitative estimate of drug-likeness (QED) is 0.432. The van der Waals surface area contributed by atoms with E-state index in [-0.39, 0.29) is 6.17 Å². The van der Waals surface area contributed by atoms with Crippen molar-refractivity contribution in [2.24, 2.45) is 4.99 Å². The molecule has 5 aromatic heterocycles. The maximum Gasteiger partial charge on any atom is 0.178 e. The molecule has 32 heavy (non-hydrogen) atoms. The van der Waals surface area contributed by atoms with Gasteiger partial charge in [0.2, 0.25) is 0 Å². The first-order chi connectivity index (χ1) is 15.7. The van der Waals surface area contributed by atoms with Crippen LogP contribution in [0.1, 0.15) is 16.3 Å². The maximum absolute atomic E-state index is 4.97. The lowest BCUT2D eigenvalue weighted by molar-refractivity contribution is 1.03. The Bertz CT molecular complexity index is 1530. The third-order valence-corrected chi connectivity index (χ3v) is 6.82. The molecule has 0 saturated carbocycles. The van der Waals surface area contributed by atoms with Crippen molar-refractivity contribution in [3.05, 3.63) is 71.6 Å². The summed E-state index contributed by atoms with van der Waals surface area (Å²) in [6.45, 7) is 3.01. The fraction of sp³-hybridized carbons (Fsp3) is 0.130. The second-order valence-corrected chi connectivity index (χ2v) is 9.17. The Balaban J connectivity index is 1.39. The Kier molecular flexibility index (Phi) is 3.59. The van der Waals surface area contributed by atoms with Gasteiger partial charge in [0.25, 0.3) is 0 Å². The lowest BCUT2D eigenvalue weighted by Crippen LogP contribution is -2.17. The minimum absolute atomic E-state index is 0.144. The topological polar surface area (TPSA) is 95.6 Å². The first-order valence-corrected chi connectivity index (χ1v) is 11.1. The highest BCUT2D eigenvalue weighted by Gasteiger charge is 2.41. The van der Waals surface area contributed by atoms with Gasteiger partial charge >= 0.3 is 0 Å². The fourth-order valence-corrected chi connectivity index (χ4v) is 5.07. The number of pyridine rings is 2. The highest BCUT2D eigenvalue weighted by molar-refractivity contribution is 7.15. The van der Waals surface area contributed by atoms with Crippen LogP contribution >= 0.6 is 11.3 Å². The molecule has 0 radical (unpaired) electrons. The predicted octanol–water partition coefficient (Wildman–Crippen LogP) is 3.84. The standard InChI is InChI=1S/C23H16N8S/c1-12-2-3-18(32-12)14-4-5-26-22-20(14)29-23(30-22)21-15-6-16(13-7-24-11-25-8-13)27-9-17(15)31-10-19(31)28-21/h2-9,11,19H,10H2,1H3,(H,26,29,30). The third-order valence-electron chi connectivity index (χ3n) is 5.79. The van der Waals surface area contributed by atoms with E-state index in [0.717, 1.165) is 51.7 Å². The number of aromatic nitrogens is 6. The van der Waals surface area contributed by atoms with E-state index in [4.69, 9.17) is 9.98 Å². The number of nitrogens with one attached hydrogen (secondary N) is 1. The van der Waals surface area contributed by atoms with Crippen LogP contribution in [0.5, 0.6) is 0 Å². The summed E-state index contributed by atoms with van der Waals surface area (Å²) in [6.07, 6.45) is 8.92. The van der Waals surface area contributed by atoms with E-state index in [9.17, 15) is 0 Å². The molecule has 9 heteroatoms. The molecule has 0 bridgehead atoms. The number of aromatic amines is 1. The van der Waals surface area contributed by atoms with Crippen LogP contribution in [0.4, 0.5) is 5.69 Å². The van der Waals surface area contributed by atoms with Crippen molar-refractivity contribution >= 4 is 33.9 Å². The van der Waals surface area contributed by atoms with Gasteiger partial charge in [0.05, 0.1) is 29.6 Å². The number of anilines is 1. The number of fused-ring (bicyclic) bond motifs is 4. The Hall–Kier alpha value is -3.98. The van der Waals surface area contributed by atoms with Crippen LogP contribution < -0.4 is 4.90 Å². The van der Waals surface area contributed by atoms with Gasteiger partial charge < -0.3 is 9.88 Å². The fourth-order valence-electron chi connectivity index (χ4n) is 4.17. The summed E-state index contributed by atoms with van der Waals surface area (Å²) in [4.78, 5) is 35.4. The Morgan fingerprint density at radius 1 is 1.06 bits per heavy atom. The number of H-pyrrole nitrogens is 1. The second kappa shape index (κ2) is 6.51. The molecule has 0 aromatic carbocycles. The summed E-state index contributed by atoms with van der Waals surface area (Å²) in [5.74, 6) is 0.725. The normalized spacial score (nSPS) is 16.6. The molecule has 1 N–H and O–H groups in total. The van der Waals surface area contributed by atoms with Crippen LogP contribution in [-0.2, 0) is 0 Å². The number of imidazole rings is 1. The van der Waals surface area contributed by atoms with E-state index in [1.165, 1.54) is 16.1 Å². The van der Waals surface area contributed by atoms with Crippen LogP contribution in [0.25, 0.3) is 32.9 Å². The van der Waals surface area contributed by atoms with Gasteiger partial charge in [-0.15, -0.1) is 11.3 Å². The summed E-state index contributed by atoms with van der Waals surface area (Å²) in [5.41, 5.74) is 7.31. The molecule has 1 fully saturated rings. The SMILES string of the molecule is Cc1ccc(-c2ccnc3nc(C4=NC5CN5c5cnc(-c6cncnc6)cc54)[nH]c23)s1. The largest absolute Gasteiger partial charge is 0.342 e. The van der Waals surface area contributed by atoms with Crippen molar-refractivity contribution in [1.29, 1.82) is 0 Å². The summed E-state index contributed by atoms with van der Waals surface area (Å²) in [6, 6.07) is 8.36. The molecule has 1 atom stereocenters. The number of hydrogen-bond donors (Lipinski definition) is 1. The lowest BCUT2D eigenvalue weighted by atomic mass is 10.0. The number of rotatable bonds is 3. The molecule has 1 saturated heterocycles. The van der Waals surface area contributed by atoms with Gasteiger partial charge in [0, 0.05) is 45.0 Å². The molecule has 7 heterocycles. The molecule has 8 nitrogen and oxygen atoms in total. The molecule has 1 unspecified atom stereocenters. The van der Waals surface area contributed by atoms with Crippen molar-refractivity contribution in [1.82, 2.24) is 29.9 Å². The molecule has 0 aliphatic carbocycles. The number of hydrogen-bond acceptors (Lipinski definition) is 8. The predicted molar refractivity (Wildman–Crippen MR) is 124 cm³/mol. The molecule has 0 spiro atoms. The van der Waals surface area contributed by atoms with Gasteiger partial charge in [-0.3, -0.25) is 9.98 Å². The Morgan fingerprint density at radius 3 is 2.81 bits per heavy atom. The summed E-state index contributed by atoms with van der Waals surface area (Å²) in [5, 5.41) is 0. The summed E-state index contributed by atoms with van der Waals surface area (Å²) >= 11 is 1.76. The van der Waals surface area contributed by atoms with E-state index in [0.29, 0.717) is 5.65 Å². The molecule has 2 aliphatic rings. The van der Waals surface area contributed by atoms with Crippen LogP contribution in [0.15, 0.2) is 60.4 Å². The maximum atomic E-state index is 4.97. The van der Waals surface area contributed by atoms with Gasteiger partial charge in [-0.2, -0.15) is 0 Å². The van der Waals surface area contributed by atoms with Crippen molar-refractivity contribution in [2.45, 2.75) is 13.1 Å². The number of aryl methyl sites for hydroxylation is 1. The summed E-state index contributed by atoms with van der Waals surface area (Å²) in [7, 11) is 0. The first-order valence-electron chi connectivity index (χ1n) is 10.3. The Labute approximate surface area is 186 Å².